The van der Waals surface area contributed by atoms with Gasteiger partial charge in [-0.3, -0.25) is 14.2 Å². The Morgan fingerprint density at radius 2 is 2.00 bits per heavy atom. The number of nitrogens with one attached hydrogen (secondary N) is 1. The van der Waals surface area contributed by atoms with Gasteiger partial charge in [0.1, 0.15) is 17.9 Å². The molecule has 1 amide bonds. The molecule has 2 aliphatic heterocycles. The minimum Gasteiger partial charge on any atom is -0.493 e. The van der Waals surface area contributed by atoms with E-state index >= 15 is 0 Å². The van der Waals surface area contributed by atoms with Gasteiger partial charge in [-0.25, -0.2) is 14.4 Å². The lowest BCUT2D eigenvalue weighted by atomic mass is 9.98. The first-order valence-corrected chi connectivity index (χ1v) is 11.7. The molecule has 1 N–H and O–H groups in total. The third-order valence-electron chi connectivity index (χ3n) is 6.77. The van der Waals surface area contributed by atoms with Crippen LogP contribution < -0.4 is 10.1 Å². The number of fused-ring (bicyclic) bond motifs is 3. The van der Waals surface area contributed by atoms with Gasteiger partial charge in [0.15, 0.2) is 5.69 Å². The molecular formula is C26H25FN6O2. The molecular weight excluding hydrogens is 447 g/mol. The van der Waals surface area contributed by atoms with Crippen molar-refractivity contribution in [3.8, 4) is 16.9 Å². The normalized spacial score (nSPS) is 14.5. The second-order valence-electron chi connectivity index (χ2n) is 9.27. The first kappa shape index (κ1) is 21.5. The number of ether oxygens (including phenoxy) is 1. The van der Waals surface area contributed by atoms with Crippen molar-refractivity contribution in [2.75, 3.05) is 11.9 Å². The second kappa shape index (κ2) is 8.04. The smallest absolute Gasteiger partial charge is 0.275 e. The molecule has 0 spiro atoms. The van der Waals surface area contributed by atoms with Gasteiger partial charge in [-0.05, 0) is 44.5 Å². The quantitative estimate of drug-likeness (QED) is 0.480. The fourth-order valence-corrected chi connectivity index (χ4v) is 4.97. The molecule has 0 fully saturated rings. The van der Waals surface area contributed by atoms with Gasteiger partial charge in [0.2, 0.25) is 5.95 Å². The summed E-state index contributed by atoms with van der Waals surface area (Å²) >= 11 is 0. The van der Waals surface area contributed by atoms with E-state index in [2.05, 4.69) is 20.3 Å². The number of imidazole rings is 1. The fourth-order valence-electron chi connectivity index (χ4n) is 4.97. The predicted molar refractivity (Wildman–Crippen MR) is 129 cm³/mol. The molecule has 0 saturated heterocycles. The lowest BCUT2D eigenvalue weighted by Gasteiger charge is -2.29. The van der Waals surface area contributed by atoms with Crippen LogP contribution in [0.1, 0.15) is 46.7 Å². The monoisotopic (exact) mass is 472 g/mol. The van der Waals surface area contributed by atoms with E-state index in [0.717, 1.165) is 33.7 Å². The molecule has 9 heteroatoms. The van der Waals surface area contributed by atoms with Gasteiger partial charge in [-0.2, -0.15) is 0 Å². The van der Waals surface area contributed by atoms with E-state index in [1.807, 2.05) is 37.9 Å². The molecule has 1 aromatic carbocycles. The number of anilines is 1. The van der Waals surface area contributed by atoms with Crippen LogP contribution in [0.4, 0.5) is 10.3 Å². The highest BCUT2D eigenvalue weighted by Gasteiger charge is 2.30. The zero-order valence-corrected chi connectivity index (χ0v) is 19.8. The molecule has 0 radical (unpaired) electrons. The van der Waals surface area contributed by atoms with E-state index in [0.29, 0.717) is 42.3 Å². The molecule has 0 atom stereocenters. The first-order valence-electron chi connectivity index (χ1n) is 11.7. The summed E-state index contributed by atoms with van der Waals surface area (Å²) in [4.78, 5) is 29.0. The number of pyridine rings is 1. The van der Waals surface area contributed by atoms with Crippen molar-refractivity contribution < 1.29 is 13.9 Å². The van der Waals surface area contributed by atoms with E-state index < -0.39 is 0 Å². The molecule has 0 aliphatic carbocycles. The molecule has 2 aliphatic rings. The number of hydrogen-bond acceptors (Lipinski definition) is 6. The van der Waals surface area contributed by atoms with E-state index in [9.17, 15) is 9.18 Å². The summed E-state index contributed by atoms with van der Waals surface area (Å²) in [5.41, 5.74) is 6.08. The van der Waals surface area contributed by atoms with Crippen LogP contribution in [0.5, 0.6) is 5.75 Å². The predicted octanol–water partition coefficient (Wildman–Crippen LogP) is 4.15. The standard InChI is InChI=1S/C26H25FN6O2/c1-14(2)32-12-16-8-15(3)28-9-18(16)20-11-30-26(33-13-31-23(24(20)33)25(32)34)29-10-19-17-6-7-35-22(17)5-4-21(19)27/h4-5,8-9,11,13-14H,6-7,10,12H2,1-3H3,(H,29,30). The van der Waals surface area contributed by atoms with Gasteiger partial charge in [-0.1, -0.05) is 0 Å². The van der Waals surface area contributed by atoms with Crippen molar-refractivity contribution in [3.05, 3.63) is 70.8 Å². The number of aryl methyl sites for hydroxylation is 1. The Labute approximate surface area is 201 Å². The van der Waals surface area contributed by atoms with E-state index in [1.54, 1.807) is 23.0 Å². The highest BCUT2D eigenvalue weighted by atomic mass is 19.1. The molecule has 5 heterocycles. The topological polar surface area (TPSA) is 84.6 Å². The van der Waals surface area contributed by atoms with Crippen LogP contribution in [0.15, 0.2) is 36.9 Å². The molecule has 6 rings (SSSR count). The van der Waals surface area contributed by atoms with Crippen LogP contribution in [0.3, 0.4) is 0 Å². The third kappa shape index (κ3) is 3.41. The molecule has 3 aromatic heterocycles. The van der Waals surface area contributed by atoms with Crippen LogP contribution >= 0.6 is 0 Å². The number of carbonyl (C=O) groups is 1. The molecule has 178 valence electrons. The number of hydrogen-bond donors (Lipinski definition) is 1. The average Bonchev–Trinajstić information content (AvgIpc) is 3.48. The van der Waals surface area contributed by atoms with Crippen LogP contribution in [-0.2, 0) is 19.5 Å². The molecule has 0 unspecified atom stereocenters. The van der Waals surface area contributed by atoms with Gasteiger partial charge in [0.05, 0.1) is 12.1 Å². The Kier molecular flexibility index (Phi) is 4.94. The largest absolute Gasteiger partial charge is 0.493 e. The fraction of sp³-hybridized carbons (Fsp3) is 0.308. The van der Waals surface area contributed by atoms with E-state index in [4.69, 9.17) is 4.74 Å². The SMILES string of the molecule is Cc1cc2c(cn1)-c1cnc(NCc3c(F)ccc4c3CCO4)n3cnc(c13)C(=O)N(C(C)C)C2. The summed E-state index contributed by atoms with van der Waals surface area (Å²) in [7, 11) is 0. The zero-order chi connectivity index (χ0) is 24.3. The van der Waals surface area contributed by atoms with Crippen molar-refractivity contribution in [2.45, 2.75) is 46.3 Å². The summed E-state index contributed by atoms with van der Waals surface area (Å²) in [6.07, 6.45) is 5.85. The maximum Gasteiger partial charge on any atom is 0.275 e. The maximum absolute atomic E-state index is 14.7. The lowest BCUT2D eigenvalue weighted by molar-refractivity contribution is 0.0686. The van der Waals surface area contributed by atoms with Gasteiger partial charge in [-0.15, -0.1) is 0 Å². The van der Waals surface area contributed by atoms with Gasteiger partial charge in [0.25, 0.3) is 5.91 Å². The third-order valence-corrected chi connectivity index (χ3v) is 6.77. The van der Waals surface area contributed by atoms with Crippen molar-refractivity contribution in [1.29, 1.82) is 0 Å². The van der Waals surface area contributed by atoms with Crippen molar-refractivity contribution >= 4 is 17.4 Å². The highest BCUT2D eigenvalue weighted by molar-refractivity contribution is 6.04. The summed E-state index contributed by atoms with van der Waals surface area (Å²) in [5.74, 6) is 0.783. The van der Waals surface area contributed by atoms with Gasteiger partial charge < -0.3 is 15.0 Å². The van der Waals surface area contributed by atoms with Gasteiger partial charge in [0, 0.05) is 65.9 Å². The van der Waals surface area contributed by atoms with E-state index in [-0.39, 0.29) is 24.3 Å². The number of nitrogens with zero attached hydrogens (tertiary/aromatic N) is 5. The first-order chi connectivity index (χ1) is 16.9. The molecule has 8 nitrogen and oxygen atoms in total. The molecule has 0 bridgehead atoms. The lowest BCUT2D eigenvalue weighted by Crippen LogP contribution is -2.37. The Bertz CT molecular complexity index is 1500. The second-order valence-corrected chi connectivity index (χ2v) is 9.27. The van der Waals surface area contributed by atoms with Crippen LogP contribution in [0.2, 0.25) is 0 Å². The van der Waals surface area contributed by atoms with Crippen LogP contribution in [0, 0.1) is 12.7 Å². The summed E-state index contributed by atoms with van der Waals surface area (Å²) in [6, 6.07) is 5.11. The zero-order valence-electron chi connectivity index (χ0n) is 19.8. The number of halogens is 1. The summed E-state index contributed by atoms with van der Waals surface area (Å²) in [5, 5.41) is 3.26. The Balaban J connectivity index is 1.48. The van der Waals surface area contributed by atoms with Crippen LogP contribution in [0.25, 0.3) is 16.6 Å². The van der Waals surface area contributed by atoms with Crippen molar-refractivity contribution in [1.82, 2.24) is 24.3 Å². The van der Waals surface area contributed by atoms with Crippen LogP contribution in [-0.4, -0.2) is 42.8 Å². The molecule has 0 saturated carbocycles. The Hall–Kier alpha value is -4.01. The average molecular weight is 473 g/mol. The number of amides is 1. The van der Waals surface area contributed by atoms with Gasteiger partial charge >= 0.3 is 0 Å². The van der Waals surface area contributed by atoms with Crippen molar-refractivity contribution in [2.24, 2.45) is 0 Å². The minimum absolute atomic E-state index is 0.00748. The summed E-state index contributed by atoms with van der Waals surface area (Å²) < 4.78 is 22.0. The summed E-state index contributed by atoms with van der Waals surface area (Å²) in [6.45, 7) is 7.19. The molecule has 4 aromatic rings. The Morgan fingerprint density at radius 1 is 1.17 bits per heavy atom. The van der Waals surface area contributed by atoms with Crippen molar-refractivity contribution in [3.63, 3.8) is 0 Å². The number of rotatable bonds is 4. The van der Waals surface area contributed by atoms with E-state index in [1.165, 1.54) is 6.07 Å². The molecule has 35 heavy (non-hydrogen) atoms. The highest BCUT2D eigenvalue weighted by Crippen LogP contribution is 2.35. The Morgan fingerprint density at radius 3 is 2.83 bits per heavy atom. The minimum atomic E-state index is -0.284. The maximum atomic E-state index is 14.7. The number of carbonyl (C=O) groups excluding carboxylic acids is 1. The number of benzene rings is 1. The number of aromatic nitrogens is 4.